The summed E-state index contributed by atoms with van der Waals surface area (Å²) in [5.41, 5.74) is 2.56. The minimum Gasteiger partial charge on any atom is -0.467 e. The number of ether oxygens (including phenoxy) is 1. The maximum Gasteiger partial charge on any atom is 0.318 e. The summed E-state index contributed by atoms with van der Waals surface area (Å²) in [5.74, 6) is 2.00. The topological polar surface area (TPSA) is 72.5 Å². The average molecular weight is 445 g/mol. The Kier molecular flexibility index (Phi) is 7.09. The molecule has 0 atom stereocenters. The first-order chi connectivity index (χ1) is 16.2. The molecular weight excluding hydrogens is 416 g/mol. The van der Waals surface area contributed by atoms with Crippen LogP contribution in [0.4, 0.5) is 4.79 Å². The van der Waals surface area contributed by atoms with E-state index in [1.807, 2.05) is 86.8 Å². The number of furan rings is 1. The molecule has 1 N–H and O–H groups in total. The van der Waals surface area contributed by atoms with Crippen molar-refractivity contribution in [3.8, 4) is 22.9 Å². The summed E-state index contributed by atoms with van der Waals surface area (Å²) in [7, 11) is 1.85. The van der Waals surface area contributed by atoms with Gasteiger partial charge in [0.1, 0.15) is 17.2 Å². The van der Waals surface area contributed by atoms with E-state index in [1.165, 1.54) is 0 Å². The Hall–Kier alpha value is -4.00. The van der Waals surface area contributed by atoms with E-state index < -0.39 is 0 Å². The minimum absolute atomic E-state index is 0.165. The van der Waals surface area contributed by atoms with Crippen molar-refractivity contribution in [3.63, 3.8) is 0 Å². The standard InChI is InChI=1S/C26H28N4O3/c1-3-16-27-26(31)30(18-22-15-10-17-32-22)19-23-24(20-11-6-4-7-12-20)28-29(2)25(23)33-21-13-8-5-9-14-21/h4-15,17H,3,16,18-19H2,1-2H3,(H,27,31). The third-order valence-electron chi connectivity index (χ3n) is 5.18. The van der Waals surface area contributed by atoms with Gasteiger partial charge in [-0.2, -0.15) is 5.10 Å². The number of nitrogens with zero attached hydrogens (tertiary/aromatic N) is 3. The monoisotopic (exact) mass is 444 g/mol. The van der Waals surface area contributed by atoms with Crippen LogP contribution >= 0.6 is 0 Å². The Labute approximate surface area is 193 Å². The summed E-state index contributed by atoms with van der Waals surface area (Å²) >= 11 is 0. The molecule has 7 heteroatoms. The number of carbonyl (C=O) groups is 1. The Morgan fingerprint density at radius 2 is 1.76 bits per heavy atom. The lowest BCUT2D eigenvalue weighted by Crippen LogP contribution is -2.39. The van der Waals surface area contributed by atoms with Crippen molar-refractivity contribution < 1.29 is 13.9 Å². The molecule has 170 valence electrons. The fraction of sp³-hybridized carbons (Fsp3) is 0.231. The molecule has 0 saturated carbocycles. The Morgan fingerprint density at radius 3 is 2.42 bits per heavy atom. The van der Waals surface area contributed by atoms with E-state index >= 15 is 0 Å². The van der Waals surface area contributed by atoms with E-state index in [2.05, 4.69) is 5.32 Å². The first-order valence-electron chi connectivity index (χ1n) is 11.0. The van der Waals surface area contributed by atoms with Gasteiger partial charge < -0.3 is 19.4 Å². The summed E-state index contributed by atoms with van der Waals surface area (Å²) in [4.78, 5) is 14.8. The number of para-hydroxylation sites is 1. The summed E-state index contributed by atoms with van der Waals surface area (Å²) in [6, 6.07) is 23.0. The van der Waals surface area contributed by atoms with Gasteiger partial charge in [-0.15, -0.1) is 0 Å². The number of urea groups is 1. The van der Waals surface area contributed by atoms with Crippen molar-refractivity contribution in [3.05, 3.63) is 90.4 Å². The third-order valence-corrected chi connectivity index (χ3v) is 5.18. The number of aromatic nitrogens is 2. The molecule has 0 spiro atoms. The van der Waals surface area contributed by atoms with Crippen molar-refractivity contribution in [1.29, 1.82) is 0 Å². The molecule has 0 unspecified atom stereocenters. The van der Waals surface area contributed by atoms with E-state index in [1.54, 1.807) is 15.8 Å². The Bertz CT molecular complexity index is 1160. The van der Waals surface area contributed by atoms with Crippen molar-refractivity contribution in [2.75, 3.05) is 6.54 Å². The minimum atomic E-state index is -0.165. The van der Waals surface area contributed by atoms with E-state index in [0.29, 0.717) is 37.0 Å². The molecule has 7 nitrogen and oxygen atoms in total. The van der Waals surface area contributed by atoms with Gasteiger partial charge in [0.15, 0.2) is 0 Å². The van der Waals surface area contributed by atoms with Gasteiger partial charge in [0.05, 0.1) is 24.9 Å². The number of amides is 2. The highest BCUT2D eigenvalue weighted by atomic mass is 16.5. The second-order valence-electron chi connectivity index (χ2n) is 7.70. The van der Waals surface area contributed by atoms with E-state index in [9.17, 15) is 4.79 Å². The molecule has 2 aromatic carbocycles. The van der Waals surface area contributed by atoms with Crippen LogP contribution in [0.2, 0.25) is 0 Å². The molecule has 0 fully saturated rings. The molecule has 0 aliphatic rings. The lowest BCUT2D eigenvalue weighted by molar-refractivity contribution is 0.187. The second kappa shape index (κ2) is 10.5. The van der Waals surface area contributed by atoms with Crippen LogP contribution in [0.25, 0.3) is 11.3 Å². The summed E-state index contributed by atoms with van der Waals surface area (Å²) in [6.45, 7) is 3.25. The van der Waals surface area contributed by atoms with Gasteiger partial charge in [0.25, 0.3) is 0 Å². The van der Waals surface area contributed by atoms with E-state index in [0.717, 1.165) is 23.2 Å². The summed E-state index contributed by atoms with van der Waals surface area (Å²) in [5, 5.41) is 7.74. The van der Waals surface area contributed by atoms with Crippen LogP contribution in [-0.4, -0.2) is 27.3 Å². The molecule has 4 aromatic rings. The molecule has 0 bridgehead atoms. The first-order valence-corrected chi connectivity index (χ1v) is 11.0. The SMILES string of the molecule is CCCNC(=O)N(Cc1ccco1)Cc1c(-c2ccccc2)nn(C)c1Oc1ccccc1. The van der Waals surface area contributed by atoms with Crippen LogP contribution in [0.1, 0.15) is 24.7 Å². The third kappa shape index (κ3) is 5.44. The van der Waals surface area contributed by atoms with Gasteiger partial charge in [-0.05, 0) is 30.7 Å². The van der Waals surface area contributed by atoms with Crippen LogP contribution in [-0.2, 0) is 20.1 Å². The van der Waals surface area contributed by atoms with E-state index in [4.69, 9.17) is 14.3 Å². The lowest BCUT2D eigenvalue weighted by atomic mass is 10.1. The fourth-order valence-corrected chi connectivity index (χ4v) is 3.58. The van der Waals surface area contributed by atoms with E-state index in [-0.39, 0.29) is 6.03 Å². The van der Waals surface area contributed by atoms with Crippen molar-refractivity contribution in [2.24, 2.45) is 7.05 Å². The van der Waals surface area contributed by atoms with Crippen LogP contribution in [0.15, 0.2) is 83.5 Å². The smallest absolute Gasteiger partial charge is 0.318 e. The number of hydrogen-bond acceptors (Lipinski definition) is 4. The number of benzene rings is 2. The number of nitrogens with one attached hydrogen (secondary N) is 1. The van der Waals surface area contributed by atoms with Crippen LogP contribution in [0.3, 0.4) is 0 Å². The Balaban J connectivity index is 1.74. The predicted molar refractivity (Wildman–Crippen MR) is 127 cm³/mol. The molecule has 0 aliphatic heterocycles. The highest BCUT2D eigenvalue weighted by molar-refractivity contribution is 5.75. The highest BCUT2D eigenvalue weighted by Crippen LogP contribution is 2.34. The van der Waals surface area contributed by atoms with Crippen molar-refractivity contribution in [2.45, 2.75) is 26.4 Å². The number of carbonyl (C=O) groups excluding carboxylic acids is 1. The lowest BCUT2D eigenvalue weighted by Gasteiger charge is -2.23. The molecule has 33 heavy (non-hydrogen) atoms. The summed E-state index contributed by atoms with van der Waals surface area (Å²) < 4.78 is 13.5. The van der Waals surface area contributed by atoms with Crippen molar-refractivity contribution >= 4 is 6.03 Å². The molecule has 2 amide bonds. The molecular formula is C26H28N4O3. The molecule has 0 radical (unpaired) electrons. The molecule has 4 rings (SSSR count). The molecule has 0 aliphatic carbocycles. The maximum absolute atomic E-state index is 13.1. The van der Waals surface area contributed by atoms with Crippen LogP contribution < -0.4 is 10.1 Å². The normalized spacial score (nSPS) is 10.7. The van der Waals surface area contributed by atoms with Gasteiger partial charge in [-0.3, -0.25) is 0 Å². The molecule has 2 aromatic heterocycles. The van der Waals surface area contributed by atoms with Gasteiger partial charge in [0, 0.05) is 19.2 Å². The largest absolute Gasteiger partial charge is 0.467 e. The van der Waals surface area contributed by atoms with Gasteiger partial charge >= 0.3 is 6.03 Å². The number of rotatable bonds is 9. The highest BCUT2D eigenvalue weighted by Gasteiger charge is 2.25. The second-order valence-corrected chi connectivity index (χ2v) is 7.70. The maximum atomic E-state index is 13.1. The quantitative estimate of drug-likeness (QED) is 0.365. The van der Waals surface area contributed by atoms with Crippen LogP contribution in [0.5, 0.6) is 11.6 Å². The van der Waals surface area contributed by atoms with Gasteiger partial charge in [-0.25, -0.2) is 9.48 Å². The Morgan fingerprint density at radius 1 is 1.03 bits per heavy atom. The molecule has 0 saturated heterocycles. The zero-order chi connectivity index (χ0) is 23.0. The van der Waals surface area contributed by atoms with Crippen LogP contribution in [0, 0.1) is 0 Å². The van der Waals surface area contributed by atoms with Crippen molar-refractivity contribution in [1.82, 2.24) is 20.0 Å². The van der Waals surface area contributed by atoms with Gasteiger partial charge in [-0.1, -0.05) is 55.5 Å². The average Bonchev–Trinajstić information content (AvgIpc) is 3.47. The zero-order valence-corrected chi connectivity index (χ0v) is 18.9. The fourth-order valence-electron chi connectivity index (χ4n) is 3.58. The van der Waals surface area contributed by atoms with Gasteiger partial charge in [0.2, 0.25) is 5.88 Å². The molecule has 2 heterocycles. The zero-order valence-electron chi connectivity index (χ0n) is 18.9. The first kappa shape index (κ1) is 22.2. The summed E-state index contributed by atoms with van der Waals surface area (Å²) in [6.07, 6.45) is 2.46. The number of hydrogen-bond donors (Lipinski definition) is 1. The predicted octanol–water partition coefficient (Wildman–Crippen LogP) is 5.59. The number of aryl methyl sites for hydroxylation is 1.